The summed E-state index contributed by atoms with van der Waals surface area (Å²) in [5.41, 5.74) is 3.20. The second kappa shape index (κ2) is 6.60. The van der Waals surface area contributed by atoms with Gasteiger partial charge in [0.15, 0.2) is 5.65 Å². The summed E-state index contributed by atoms with van der Waals surface area (Å²) in [5, 5.41) is 21.1. The molecule has 0 amide bonds. The molecule has 2 aromatic heterocycles. The van der Waals surface area contributed by atoms with E-state index in [-0.39, 0.29) is 5.75 Å². The van der Waals surface area contributed by atoms with Crippen LogP contribution in [0.5, 0.6) is 5.75 Å². The fourth-order valence-electron chi connectivity index (χ4n) is 2.71. The van der Waals surface area contributed by atoms with Crippen LogP contribution >= 0.6 is 15.9 Å². The van der Waals surface area contributed by atoms with Crippen LogP contribution in [0.15, 0.2) is 64.9 Å². The highest BCUT2D eigenvalue weighted by molar-refractivity contribution is 9.10. The molecular formula is C18H16BrN5O. The Morgan fingerprint density at radius 2 is 2.20 bits per heavy atom. The Morgan fingerprint density at radius 1 is 1.32 bits per heavy atom. The van der Waals surface area contributed by atoms with Gasteiger partial charge in [0.25, 0.3) is 0 Å². The Hall–Kier alpha value is -2.80. The number of para-hydroxylation sites is 1. The van der Waals surface area contributed by atoms with Crippen LogP contribution in [0.3, 0.4) is 0 Å². The van der Waals surface area contributed by atoms with Crippen molar-refractivity contribution in [3.8, 4) is 17.0 Å². The summed E-state index contributed by atoms with van der Waals surface area (Å²) in [5.74, 6) is 0.997. The van der Waals surface area contributed by atoms with Gasteiger partial charge < -0.3 is 15.7 Å². The van der Waals surface area contributed by atoms with Crippen molar-refractivity contribution in [3.63, 3.8) is 0 Å². The number of nitrogens with zero attached hydrogens (tertiary/aromatic N) is 3. The molecule has 1 aliphatic rings. The van der Waals surface area contributed by atoms with Gasteiger partial charge in [-0.05, 0) is 33.6 Å². The number of anilines is 1. The monoisotopic (exact) mass is 397 g/mol. The van der Waals surface area contributed by atoms with E-state index < -0.39 is 0 Å². The van der Waals surface area contributed by atoms with E-state index >= 15 is 0 Å². The molecule has 3 aromatic rings. The number of rotatable bonds is 4. The summed E-state index contributed by atoms with van der Waals surface area (Å²) in [6.07, 6.45) is 7.87. The van der Waals surface area contributed by atoms with Gasteiger partial charge in [0.1, 0.15) is 11.6 Å². The van der Waals surface area contributed by atoms with Crippen molar-refractivity contribution in [1.82, 2.24) is 19.9 Å². The molecule has 25 heavy (non-hydrogen) atoms. The lowest BCUT2D eigenvalue weighted by Gasteiger charge is -2.13. The van der Waals surface area contributed by atoms with Crippen LogP contribution in [0.4, 0.5) is 5.82 Å². The number of benzene rings is 1. The molecular weight excluding hydrogens is 382 g/mol. The molecule has 0 atom stereocenters. The normalized spacial score (nSPS) is 13.6. The second-order valence-electron chi connectivity index (χ2n) is 5.66. The minimum Gasteiger partial charge on any atom is -0.507 e. The molecule has 6 nitrogen and oxygen atoms in total. The lowest BCUT2D eigenvalue weighted by molar-refractivity contribution is 0.477. The predicted octanol–water partition coefficient (Wildman–Crippen LogP) is 3.32. The van der Waals surface area contributed by atoms with E-state index in [1.54, 1.807) is 22.8 Å². The highest BCUT2D eigenvalue weighted by Gasteiger charge is 2.13. The van der Waals surface area contributed by atoms with Gasteiger partial charge in [-0.1, -0.05) is 24.3 Å². The average Bonchev–Trinajstić information content (AvgIpc) is 3.02. The Labute approximate surface area is 153 Å². The van der Waals surface area contributed by atoms with Crippen LogP contribution in [0.2, 0.25) is 0 Å². The lowest BCUT2D eigenvalue weighted by atomic mass is 10.1. The molecule has 3 heterocycles. The minimum absolute atomic E-state index is 0.197. The molecule has 0 saturated carbocycles. The van der Waals surface area contributed by atoms with Crippen molar-refractivity contribution in [2.75, 3.05) is 18.4 Å². The molecule has 0 aliphatic carbocycles. The summed E-state index contributed by atoms with van der Waals surface area (Å²) < 4.78 is 2.54. The Morgan fingerprint density at radius 3 is 3.00 bits per heavy atom. The zero-order chi connectivity index (χ0) is 17.2. The number of halogens is 1. The molecule has 126 valence electrons. The van der Waals surface area contributed by atoms with Crippen LogP contribution in [-0.2, 0) is 0 Å². The van der Waals surface area contributed by atoms with Gasteiger partial charge in [-0.3, -0.25) is 0 Å². The number of phenolic OH excluding ortho intramolecular Hbond substituents is 1. The van der Waals surface area contributed by atoms with Gasteiger partial charge in [-0.25, -0.2) is 4.98 Å². The quantitative estimate of drug-likeness (QED) is 0.629. The summed E-state index contributed by atoms with van der Waals surface area (Å²) >= 11 is 3.49. The SMILES string of the molecule is Oc1ccccc1-c1cc(NCC2=CNCC=C2)n2ncc(Br)c2n1. The predicted molar refractivity (Wildman–Crippen MR) is 102 cm³/mol. The summed E-state index contributed by atoms with van der Waals surface area (Å²) in [7, 11) is 0. The summed E-state index contributed by atoms with van der Waals surface area (Å²) in [4.78, 5) is 4.63. The highest BCUT2D eigenvalue weighted by atomic mass is 79.9. The smallest absolute Gasteiger partial charge is 0.172 e. The average molecular weight is 398 g/mol. The molecule has 0 unspecified atom stereocenters. The van der Waals surface area contributed by atoms with Gasteiger partial charge in [0.2, 0.25) is 0 Å². The highest BCUT2D eigenvalue weighted by Crippen LogP contribution is 2.31. The maximum Gasteiger partial charge on any atom is 0.172 e. The van der Waals surface area contributed by atoms with Crippen molar-refractivity contribution in [3.05, 3.63) is 64.9 Å². The van der Waals surface area contributed by atoms with Gasteiger partial charge in [0.05, 0.1) is 16.4 Å². The van der Waals surface area contributed by atoms with Gasteiger partial charge in [-0.2, -0.15) is 9.61 Å². The number of hydrogen-bond donors (Lipinski definition) is 3. The van der Waals surface area contributed by atoms with Crippen LogP contribution in [0.1, 0.15) is 0 Å². The summed E-state index contributed by atoms with van der Waals surface area (Å²) in [6.45, 7) is 1.51. The number of hydrogen-bond acceptors (Lipinski definition) is 5. The number of dihydropyridines is 1. The molecule has 1 aliphatic heterocycles. The van der Waals surface area contributed by atoms with Gasteiger partial charge >= 0.3 is 0 Å². The summed E-state index contributed by atoms with van der Waals surface area (Å²) in [6, 6.07) is 9.06. The number of aromatic hydroxyl groups is 1. The van der Waals surface area contributed by atoms with E-state index in [0.717, 1.165) is 22.4 Å². The third-order valence-corrected chi connectivity index (χ3v) is 4.50. The largest absolute Gasteiger partial charge is 0.507 e. The first-order valence-electron chi connectivity index (χ1n) is 7.88. The Balaban J connectivity index is 1.76. The molecule has 0 fully saturated rings. The van der Waals surface area contributed by atoms with E-state index in [1.165, 1.54) is 0 Å². The molecule has 3 N–H and O–H groups in total. The Kier molecular flexibility index (Phi) is 4.15. The second-order valence-corrected chi connectivity index (χ2v) is 6.51. The number of aromatic nitrogens is 3. The molecule has 4 rings (SSSR count). The standard InChI is InChI=1S/C18H16BrN5O/c19-14-11-22-24-17(21-10-12-4-3-7-20-9-12)8-15(23-18(14)24)13-5-1-2-6-16(13)25/h1-6,8-9,11,20-21,25H,7,10H2. The lowest BCUT2D eigenvalue weighted by Crippen LogP contribution is -2.15. The molecule has 0 spiro atoms. The van der Waals surface area contributed by atoms with Crippen molar-refractivity contribution in [1.29, 1.82) is 0 Å². The zero-order valence-corrected chi connectivity index (χ0v) is 14.9. The first kappa shape index (κ1) is 15.7. The van der Waals surface area contributed by atoms with Gasteiger partial charge in [-0.15, -0.1) is 0 Å². The van der Waals surface area contributed by atoms with Crippen LogP contribution in [0, 0.1) is 0 Å². The van der Waals surface area contributed by atoms with Crippen molar-refractivity contribution in [2.24, 2.45) is 0 Å². The first-order chi connectivity index (χ1) is 12.2. The van der Waals surface area contributed by atoms with Crippen LogP contribution in [-0.4, -0.2) is 32.8 Å². The third-order valence-electron chi connectivity index (χ3n) is 3.94. The molecule has 7 heteroatoms. The van der Waals surface area contributed by atoms with Crippen LogP contribution < -0.4 is 10.6 Å². The van der Waals surface area contributed by atoms with E-state index in [1.807, 2.05) is 24.4 Å². The molecule has 0 saturated heterocycles. The minimum atomic E-state index is 0.197. The fourth-order valence-corrected chi connectivity index (χ4v) is 3.06. The van der Waals surface area contributed by atoms with Gasteiger partial charge in [0, 0.05) is 30.9 Å². The maximum atomic E-state index is 10.2. The molecule has 0 radical (unpaired) electrons. The van der Waals surface area contributed by atoms with Crippen LogP contribution in [0.25, 0.3) is 16.9 Å². The number of phenols is 1. The number of nitrogens with one attached hydrogen (secondary N) is 2. The van der Waals surface area contributed by atoms with Crippen molar-refractivity contribution < 1.29 is 5.11 Å². The molecule has 0 bridgehead atoms. The van der Waals surface area contributed by atoms with E-state index in [4.69, 9.17) is 0 Å². The topological polar surface area (TPSA) is 74.5 Å². The maximum absolute atomic E-state index is 10.2. The van der Waals surface area contributed by atoms with E-state index in [2.05, 4.69) is 48.8 Å². The molecule has 1 aromatic carbocycles. The zero-order valence-electron chi connectivity index (χ0n) is 13.3. The van der Waals surface area contributed by atoms with Crippen molar-refractivity contribution >= 4 is 27.4 Å². The third kappa shape index (κ3) is 3.10. The van der Waals surface area contributed by atoms with E-state index in [0.29, 0.717) is 23.4 Å². The Bertz CT molecular complexity index is 992. The van der Waals surface area contributed by atoms with E-state index in [9.17, 15) is 5.11 Å². The fraction of sp³-hybridized carbons (Fsp3) is 0.111. The number of fused-ring (bicyclic) bond motifs is 1. The van der Waals surface area contributed by atoms with Crippen molar-refractivity contribution in [2.45, 2.75) is 0 Å². The first-order valence-corrected chi connectivity index (χ1v) is 8.67.